The van der Waals surface area contributed by atoms with Gasteiger partial charge in [-0.25, -0.2) is 14.5 Å². The van der Waals surface area contributed by atoms with Crippen molar-refractivity contribution in [2.24, 2.45) is 0 Å². The maximum absolute atomic E-state index is 12.7. The fourth-order valence-electron chi connectivity index (χ4n) is 3.10. The Labute approximate surface area is 179 Å². The Morgan fingerprint density at radius 3 is 2.53 bits per heavy atom. The zero-order valence-corrected chi connectivity index (χ0v) is 17.3. The number of furan rings is 1. The number of amides is 3. The molecule has 2 N–H and O–H groups in total. The normalized spacial score (nSPS) is 15.0. The first kappa shape index (κ1) is 19.7. The number of carboxylic acid groups (broad SMARTS) is 1. The number of benzene rings is 2. The zero-order chi connectivity index (χ0) is 21.4. The van der Waals surface area contributed by atoms with E-state index in [9.17, 15) is 19.5 Å². The van der Waals surface area contributed by atoms with Crippen LogP contribution >= 0.6 is 15.9 Å². The Balaban J connectivity index is 1.63. The van der Waals surface area contributed by atoms with E-state index in [2.05, 4.69) is 21.2 Å². The Kier molecular flexibility index (Phi) is 5.01. The first-order valence-corrected chi connectivity index (χ1v) is 9.69. The lowest BCUT2D eigenvalue weighted by Crippen LogP contribution is -2.30. The van der Waals surface area contributed by atoms with Crippen LogP contribution in [0.15, 0.2) is 69.2 Å². The van der Waals surface area contributed by atoms with Crippen molar-refractivity contribution in [2.75, 3.05) is 4.90 Å². The lowest BCUT2D eigenvalue weighted by Gasteiger charge is -2.11. The summed E-state index contributed by atoms with van der Waals surface area (Å²) in [6.45, 7) is 1.85. The van der Waals surface area contributed by atoms with Gasteiger partial charge in [-0.15, -0.1) is 0 Å². The van der Waals surface area contributed by atoms with Crippen LogP contribution in [-0.2, 0) is 4.79 Å². The maximum Gasteiger partial charge on any atom is 0.335 e. The third-order valence-corrected chi connectivity index (χ3v) is 5.16. The third kappa shape index (κ3) is 3.65. The van der Waals surface area contributed by atoms with Gasteiger partial charge in [0.2, 0.25) is 0 Å². The van der Waals surface area contributed by atoms with Gasteiger partial charge >= 0.3 is 12.0 Å². The second-order valence-corrected chi connectivity index (χ2v) is 7.56. The van der Waals surface area contributed by atoms with Crippen molar-refractivity contribution >= 4 is 45.6 Å². The number of hydrogen-bond donors (Lipinski definition) is 2. The van der Waals surface area contributed by atoms with E-state index >= 15 is 0 Å². The molecule has 1 aliphatic rings. The van der Waals surface area contributed by atoms with Crippen molar-refractivity contribution in [3.05, 3.63) is 81.7 Å². The molecule has 150 valence electrons. The summed E-state index contributed by atoms with van der Waals surface area (Å²) in [6, 6.07) is 14.4. The largest absolute Gasteiger partial charge is 0.478 e. The summed E-state index contributed by atoms with van der Waals surface area (Å²) < 4.78 is 6.62. The molecule has 0 spiro atoms. The molecule has 1 saturated heterocycles. The number of anilines is 1. The van der Waals surface area contributed by atoms with Crippen LogP contribution in [0.25, 0.3) is 17.4 Å². The average molecular weight is 467 g/mol. The Hall–Kier alpha value is -3.65. The number of hydrogen-bond acceptors (Lipinski definition) is 4. The molecule has 4 rings (SSSR count). The number of carboxylic acids is 1. The molecule has 0 saturated carbocycles. The van der Waals surface area contributed by atoms with E-state index in [-0.39, 0.29) is 11.3 Å². The van der Waals surface area contributed by atoms with Gasteiger partial charge in [-0.3, -0.25) is 4.79 Å². The quantitative estimate of drug-likeness (QED) is 0.424. The number of urea groups is 1. The van der Waals surface area contributed by atoms with Gasteiger partial charge in [0.25, 0.3) is 5.91 Å². The van der Waals surface area contributed by atoms with Crippen LogP contribution < -0.4 is 10.2 Å². The topological polar surface area (TPSA) is 99.9 Å². The molecule has 3 amide bonds. The van der Waals surface area contributed by atoms with Gasteiger partial charge in [0.05, 0.1) is 11.3 Å². The van der Waals surface area contributed by atoms with E-state index in [0.29, 0.717) is 22.8 Å². The summed E-state index contributed by atoms with van der Waals surface area (Å²) in [6.07, 6.45) is 1.44. The van der Waals surface area contributed by atoms with E-state index in [1.165, 1.54) is 18.2 Å². The predicted octanol–water partition coefficient (Wildman–Crippen LogP) is 4.81. The second kappa shape index (κ2) is 7.64. The number of aryl methyl sites for hydroxylation is 1. The number of rotatable bonds is 4. The van der Waals surface area contributed by atoms with Crippen LogP contribution in [0.5, 0.6) is 0 Å². The number of aromatic carboxylic acids is 1. The number of imide groups is 1. The van der Waals surface area contributed by atoms with Gasteiger partial charge < -0.3 is 14.8 Å². The highest BCUT2D eigenvalue weighted by molar-refractivity contribution is 9.10. The third-order valence-electron chi connectivity index (χ3n) is 4.63. The van der Waals surface area contributed by atoms with Gasteiger partial charge in [-0.2, -0.15) is 0 Å². The first-order chi connectivity index (χ1) is 14.3. The van der Waals surface area contributed by atoms with Crippen molar-refractivity contribution in [1.29, 1.82) is 0 Å². The minimum atomic E-state index is -1.03. The van der Waals surface area contributed by atoms with Crippen molar-refractivity contribution < 1.29 is 23.9 Å². The number of carbonyl (C=O) groups is 3. The standard InChI is InChI=1S/C22H15BrN2O5/c1-12-2-3-13(21(27)28)10-17(12)19-9-8-16(30-19)11-18-20(26)25(22(29)24-18)15-6-4-14(23)5-7-15/h2-11H,1H3,(H,24,29)(H,27,28)/b18-11+. The van der Waals surface area contributed by atoms with Gasteiger partial charge in [0.1, 0.15) is 17.2 Å². The molecule has 0 atom stereocenters. The minimum absolute atomic E-state index is 0.0832. The highest BCUT2D eigenvalue weighted by Gasteiger charge is 2.35. The zero-order valence-electron chi connectivity index (χ0n) is 15.7. The van der Waals surface area contributed by atoms with Crippen LogP contribution in [0.1, 0.15) is 21.7 Å². The SMILES string of the molecule is Cc1ccc(C(=O)O)cc1-c1ccc(/C=C2/NC(=O)N(c3ccc(Br)cc3)C2=O)o1. The molecule has 0 unspecified atom stereocenters. The van der Waals surface area contributed by atoms with Crippen molar-refractivity contribution in [3.8, 4) is 11.3 Å². The summed E-state index contributed by atoms with van der Waals surface area (Å²) in [5, 5.41) is 11.8. The van der Waals surface area contributed by atoms with Crippen molar-refractivity contribution in [3.63, 3.8) is 0 Å². The molecule has 8 heteroatoms. The van der Waals surface area contributed by atoms with E-state index < -0.39 is 17.9 Å². The lowest BCUT2D eigenvalue weighted by molar-refractivity contribution is -0.113. The molecular formula is C22H15BrN2O5. The van der Waals surface area contributed by atoms with Crippen molar-refractivity contribution in [2.45, 2.75) is 6.92 Å². The molecular weight excluding hydrogens is 452 g/mol. The smallest absolute Gasteiger partial charge is 0.335 e. The van der Waals surface area contributed by atoms with Crippen LogP contribution in [0, 0.1) is 6.92 Å². The Morgan fingerprint density at radius 2 is 1.83 bits per heavy atom. The fraction of sp³-hybridized carbons (Fsp3) is 0.0455. The number of nitrogens with zero attached hydrogens (tertiary/aromatic N) is 1. The monoisotopic (exact) mass is 466 g/mol. The molecule has 2 aromatic carbocycles. The molecule has 0 radical (unpaired) electrons. The molecule has 1 aliphatic heterocycles. The summed E-state index contributed by atoms with van der Waals surface area (Å²) in [7, 11) is 0. The molecule has 1 aromatic heterocycles. The van der Waals surface area contributed by atoms with Crippen molar-refractivity contribution in [1.82, 2.24) is 5.32 Å². The van der Waals surface area contributed by atoms with Crippen LogP contribution in [0.2, 0.25) is 0 Å². The van der Waals surface area contributed by atoms with Gasteiger partial charge in [-0.05, 0) is 61.0 Å². The van der Waals surface area contributed by atoms with Crippen LogP contribution in [0.3, 0.4) is 0 Å². The average Bonchev–Trinajstić information content (AvgIpc) is 3.27. The fourth-order valence-corrected chi connectivity index (χ4v) is 3.36. The van der Waals surface area contributed by atoms with E-state index in [1.54, 1.807) is 42.5 Å². The van der Waals surface area contributed by atoms with Gasteiger partial charge in [-0.1, -0.05) is 22.0 Å². The number of halogens is 1. The minimum Gasteiger partial charge on any atom is -0.478 e. The molecule has 0 aliphatic carbocycles. The molecule has 3 aromatic rings. The Bertz CT molecular complexity index is 1210. The summed E-state index contributed by atoms with van der Waals surface area (Å²) in [5.74, 6) is -0.711. The van der Waals surface area contributed by atoms with Gasteiger partial charge in [0, 0.05) is 16.1 Å². The summed E-state index contributed by atoms with van der Waals surface area (Å²) >= 11 is 3.32. The number of carbonyl (C=O) groups excluding carboxylic acids is 2. The lowest BCUT2D eigenvalue weighted by atomic mass is 10.0. The summed E-state index contributed by atoms with van der Waals surface area (Å²) in [4.78, 5) is 37.3. The van der Waals surface area contributed by atoms with E-state index in [4.69, 9.17) is 4.42 Å². The Morgan fingerprint density at radius 1 is 1.10 bits per heavy atom. The molecule has 30 heavy (non-hydrogen) atoms. The molecule has 0 bridgehead atoms. The molecule has 2 heterocycles. The second-order valence-electron chi connectivity index (χ2n) is 6.64. The van der Waals surface area contributed by atoms with E-state index in [1.807, 2.05) is 6.92 Å². The highest BCUT2D eigenvalue weighted by Crippen LogP contribution is 2.29. The molecule has 7 nitrogen and oxygen atoms in total. The van der Waals surface area contributed by atoms with Gasteiger partial charge in [0.15, 0.2) is 0 Å². The summed E-state index contributed by atoms with van der Waals surface area (Å²) in [5.41, 5.74) is 2.17. The maximum atomic E-state index is 12.7. The van der Waals surface area contributed by atoms with E-state index in [0.717, 1.165) is 14.9 Å². The first-order valence-electron chi connectivity index (χ1n) is 8.90. The predicted molar refractivity (Wildman–Crippen MR) is 114 cm³/mol. The highest BCUT2D eigenvalue weighted by atomic mass is 79.9. The van der Waals surface area contributed by atoms with Crippen LogP contribution in [-0.4, -0.2) is 23.0 Å². The molecule has 1 fully saturated rings. The number of nitrogens with one attached hydrogen (secondary N) is 1. The van der Waals surface area contributed by atoms with Crippen LogP contribution in [0.4, 0.5) is 10.5 Å².